The largest absolute Gasteiger partial charge is 0.375 e. The molecular formula is C25H31N3O2. The van der Waals surface area contributed by atoms with E-state index in [9.17, 15) is 9.90 Å². The number of likely N-dealkylation sites (tertiary alicyclic amines) is 1. The van der Waals surface area contributed by atoms with Crippen molar-refractivity contribution in [3.63, 3.8) is 0 Å². The average molecular weight is 406 g/mol. The van der Waals surface area contributed by atoms with Gasteiger partial charge in [0.05, 0.1) is 6.17 Å². The van der Waals surface area contributed by atoms with E-state index in [0.29, 0.717) is 11.5 Å². The normalized spacial score (nSPS) is 28.8. The molecule has 1 heterocycles. The van der Waals surface area contributed by atoms with Crippen LogP contribution in [0.1, 0.15) is 36.8 Å². The fraction of sp³-hybridized carbons (Fsp3) is 0.480. The third-order valence-electron chi connectivity index (χ3n) is 7.69. The lowest BCUT2D eigenvalue weighted by atomic mass is 9.69. The second kappa shape index (κ2) is 7.49. The van der Waals surface area contributed by atoms with Crippen LogP contribution in [0.5, 0.6) is 0 Å². The first-order chi connectivity index (χ1) is 14.5. The molecule has 3 aliphatic rings. The van der Waals surface area contributed by atoms with Gasteiger partial charge in [0.15, 0.2) is 5.60 Å². The Morgan fingerprint density at radius 1 is 1.17 bits per heavy atom. The highest BCUT2D eigenvalue weighted by atomic mass is 16.3. The predicted molar refractivity (Wildman–Crippen MR) is 116 cm³/mol. The van der Waals surface area contributed by atoms with Crippen LogP contribution in [0.15, 0.2) is 60.7 Å². The Morgan fingerprint density at radius 2 is 1.83 bits per heavy atom. The van der Waals surface area contributed by atoms with E-state index in [0.717, 1.165) is 45.3 Å². The minimum Gasteiger partial charge on any atom is -0.375 e. The smallest absolute Gasteiger partial charge is 0.258 e. The fourth-order valence-corrected chi connectivity index (χ4v) is 5.54. The lowest BCUT2D eigenvalue weighted by Gasteiger charge is -2.41. The third-order valence-corrected chi connectivity index (χ3v) is 7.69. The Labute approximate surface area is 178 Å². The molecule has 4 N–H and O–H groups in total. The van der Waals surface area contributed by atoms with E-state index in [1.54, 1.807) is 0 Å². The number of benzene rings is 2. The number of nitrogens with one attached hydrogen (secondary N) is 1. The number of hydrogen-bond acceptors (Lipinski definition) is 4. The van der Waals surface area contributed by atoms with Crippen LogP contribution in [-0.4, -0.2) is 35.2 Å². The summed E-state index contributed by atoms with van der Waals surface area (Å²) < 4.78 is 0. The van der Waals surface area contributed by atoms with Crippen LogP contribution in [-0.2, 0) is 16.9 Å². The Bertz CT molecular complexity index is 901. The van der Waals surface area contributed by atoms with E-state index in [-0.39, 0.29) is 17.2 Å². The molecule has 3 fully saturated rings. The number of carbonyl (C=O) groups is 1. The number of piperidine rings is 1. The molecular weight excluding hydrogens is 374 g/mol. The van der Waals surface area contributed by atoms with Gasteiger partial charge in [-0.1, -0.05) is 67.1 Å². The molecule has 5 heteroatoms. The molecule has 2 saturated carbocycles. The van der Waals surface area contributed by atoms with Gasteiger partial charge in [-0.2, -0.15) is 0 Å². The van der Waals surface area contributed by atoms with Crippen LogP contribution < -0.4 is 11.1 Å². The number of fused-ring (bicyclic) bond motifs is 1. The summed E-state index contributed by atoms with van der Waals surface area (Å²) in [5.41, 5.74) is 6.98. The standard InChI is InChI=1S/C25H31N3O2/c26-22(24-14-21(24)16-28(17-24)15-18-8-3-1-4-9-18)27-23(29)25(30,20-12-7-13-20)19-10-5-2-6-11-19/h1-6,8-11,20-22,30H,7,12-17,26H2,(H,27,29). The minimum atomic E-state index is -1.50. The van der Waals surface area contributed by atoms with Crippen LogP contribution in [0, 0.1) is 17.3 Å². The Hall–Kier alpha value is -2.21. The van der Waals surface area contributed by atoms with Gasteiger partial charge in [-0.25, -0.2) is 0 Å². The summed E-state index contributed by atoms with van der Waals surface area (Å²) in [5.74, 6) is 0.134. The number of nitrogens with two attached hydrogens (primary N) is 1. The molecule has 30 heavy (non-hydrogen) atoms. The van der Waals surface area contributed by atoms with E-state index < -0.39 is 11.8 Å². The second-order valence-electron chi connectivity index (χ2n) is 9.50. The summed E-state index contributed by atoms with van der Waals surface area (Å²) in [4.78, 5) is 15.8. The zero-order chi connectivity index (χ0) is 20.8. The summed E-state index contributed by atoms with van der Waals surface area (Å²) in [5, 5.41) is 14.6. The number of hydrogen-bond donors (Lipinski definition) is 3. The summed E-state index contributed by atoms with van der Waals surface area (Å²) in [6.07, 6.45) is 3.40. The minimum absolute atomic E-state index is 0.0437. The van der Waals surface area contributed by atoms with Crippen LogP contribution in [0.25, 0.3) is 0 Å². The van der Waals surface area contributed by atoms with Crippen molar-refractivity contribution in [3.05, 3.63) is 71.8 Å². The Morgan fingerprint density at radius 3 is 2.47 bits per heavy atom. The van der Waals surface area contributed by atoms with Crippen molar-refractivity contribution < 1.29 is 9.90 Å². The van der Waals surface area contributed by atoms with Crippen molar-refractivity contribution in [1.29, 1.82) is 0 Å². The molecule has 158 valence electrons. The van der Waals surface area contributed by atoms with Crippen molar-refractivity contribution >= 4 is 5.91 Å². The van der Waals surface area contributed by atoms with Crippen molar-refractivity contribution in [2.75, 3.05) is 13.1 Å². The fourth-order valence-electron chi connectivity index (χ4n) is 5.54. The molecule has 2 aromatic rings. The number of carbonyl (C=O) groups excluding carboxylic acids is 1. The molecule has 4 unspecified atom stereocenters. The molecule has 0 radical (unpaired) electrons. The zero-order valence-electron chi connectivity index (χ0n) is 17.3. The van der Waals surface area contributed by atoms with Gasteiger partial charge < -0.3 is 16.2 Å². The van der Waals surface area contributed by atoms with Crippen LogP contribution >= 0.6 is 0 Å². The van der Waals surface area contributed by atoms with E-state index in [2.05, 4.69) is 34.5 Å². The highest BCUT2D eigenvalue weighted by Gasteiger charge is 2.64. The molecule has 1 saturated heterocycles. The van der Waals surface area contributed by atoms with Crippen molar-refractivity contribution in [2.45, 2.75) is 44.0 Å². The van der Waals surface area contributed by atoms with E-state index in [1.165, 1.54) is 5.56 Å². The molecule has 0 bridgehead atoms. The van der Waals surface area contributed by atoms with Gasteiger partial charge >= 0.3 is 0 Å². The van der Waals surface area contributed by atoms with Gasteiger partial charge in [-0.05, 0) is 36.3 Å². The van der Waals surface area contributed by atoms with Gasteiger partial charge in [0.1, 0.15) is 0 Å². The highest BCUT2D eigenvalue weighted by molar-refractivity contribution is 5.87. The molecule has 2 aliphatic carbocycles. The number of nitrogens with zero attached hydrogens (tertiary/aromatic N) is 1. The topological polar surface area (TPSA) is 78.6 Å². The molecule has 1 aliphatic heterocycles. The maximum Gasteiger partial charge on any atom is 0.258 e. The molecule has 2 aromatic carbocycles. The van der Waals surface area contributed by atoms with E-state index >= 15 is 0 Å². The van der Waals surface area contributed by atoms with E-state index in [4.69, 9.17) is 5.73 Å². The van der Waals surface area contributed by atoms with Crippen LogP contribution in [0.2, 0.25) is 0 Å². The highest BCUT2D eigenvalue weighted by Crippen LogP contribution is 2.59. The Balaban J connectivity index is 1.28. The van der Waals surface area contributed by atoms with Crippen molar-refractivity contribution in [2.24, 2.45) is 23.0 Å². The van der Waals surface area contributed by atoms with Crippen molar-refractivity contribution in [3.8, 4) is 0 Å². The monoisotopic (exact) mass is 405 g/mol. The molecule has 1 amide bonds. The number of amides is 1. The van der Waals surface area contributed by atoms with Crippen molar-refractivity contribution in [1.82, 2.24) is 10.2 Å². The van der Waals surface area contributed by atoms with Gasteiger partial charge in [0.2, 0.25) is 0 Å². The summed E-state index contributed by atoms with van der Waals surface area (Å²) in [7, 11) is 0. The van der Waals surface area contributed by atoms with E-state index in [1.807, 2.05) is 36.4 Å². The molecule has 0 spiro atoms. The van der Waals surface area contributed by atoms with Gasteiger partial charge in [0.25, 0.3) is 5.91 Å². The maximum absolute atomic E-state index is 13.3. The van der Waals surface area contributed by atoms with Gasteiger partial charge in [-0.15, -0.1) is 0 Å². The maximum atomic E-state index is 13.3. The number of aliphatic hydroxyl groups is 1. The predicted octanol–water partition coefficient (Wildman–Crippen LogP) is 2.60. The average Bonchev–Trinajstić information content (AvgIpc) is 3.30. The summed E-state index contributed by atoms with van der Waals surface area (Å²) in [6.45, 7) is 2.82. The third kappa shape index (κ3) is 3.25. The molecule has 0 aromatic heterocycles. The van der Waals surface area contributed by atoms with Crippen LogP contribution in [0.4, 0.5) is 0 Å². The van der Waals surface area contributed by atoms with Gasteiger partial charge in [0, 0.05) is 31.0 Å². The molecule has 4 atom stereocenters. The van der Waals surface area contributed by atoms with Crippen LogP contribution in [0.3, 0.4) is 0 Å². The Kier molecular flexibility index (Phi) is 4.92. The summed E-state index contributed by atoms with van der Waals surface area (Å²) >= 11 is 0. The number of rotatable bonds is 7. The SMILES string of the molecule is NC(NC(=O)C(O)(c1ccccc1)C1CCC1)C12CC1CN(Cc1ccccc1)C2. The first kappa shape index (κ1) is 19.7. The summed E-state index contributed by atoms with van der Waals surface area (Å²) in [6, 6.07) is 19.8. The zero-order valence-corrected chi connectivity index (χ0v) is 17.3. The quantitative estimate of drug-likeness (QED) is 0.619. The second-order valence-corrected chi connectivity index (χ2v) is 9.50. The molecule has 5 nitrogen and oxygen atoms in total. The molecule has 5 rings (SSSR count). The van der Waals surface area contributed by atoms with Gasteiger partial charge in [-0.3, -0.25) is 9.69 Å². The first-order valence-corrected chi connectivity index (χ1v) is 11.1. The first-order valence-electron chi connectivity index (χ1n) is 11.1. The lowest BCUT2D eigenvalue weighted by molar-refractivity contribution is -0.153. The lowest BCUT2D eigenvalue weighted by Crippen LogP contribution is -2.58.